The van der Waals surface area contributed by atoms with Gasteiger partial charge in [0.05, 0.1) is 5.69 Å². The third-order valence-corrected chi connectivity index (χ3v) is 5.88. The molecule has 0 radical (unpaired) electrons. The van der Waals surface area contributed by atoms with Gasteiger partial charge in [0.1, 0.15) is 13.2 Å². The van der Waals surface area contributed by atoms with Crippen molar-refractivity contribution in [2.45, 2.75) is 13.3 Å². The van der Waals surface area contributed by atoms with E-state index < -0.39 is 0 Å². The molecule has 0 bridgehead atoms. The van der Waals surface area contributed by atoms with Crippen molar-refractivity contribution in [1.29, 1.82) is 0 Å². The number of rotatable bonds is 4. The van der Waals surface area contributed by atoms with Crippen LogP contribution < -0.4 is 14.4 Å². The van der Waals surface area contributed by atoms with Crippen molar-refractivity contribution in [2.24, 2.45) is 0 Å². The highest BCUT2D eigenvalue weighted by Gasteiger charge is 2.23. The zero-order valence-electron chi connectivity index (χ0n) is 16.4. The Hall–Kier alpha value is -2.66. The Labute approximate surface area is 165 Å². The Morgan fingerprint density at radius 2 is 1.86 bits per heavy atom. The van der Waals surface area contributed by atoms with Gasteiger partial charge in [0, 0.05) is 49.8 Å². The molecule has 1 N–H and O–H groups in total. The fraction of sp³-hybridized carbons (Fsp3) is 0.391. The highest BCUT2D eigenvalue weighted by Crippen LogP contribution is 2.39. The number of aromatic amines is 1. The van der Waals surface area contributed by atoms with Crippen LogP contribution in [0.2, 0.25) is 0 Å². The number of nitrogens with zero attached hydrogens (tertiary/aromatic N) is 2. The van der Waals surface area contributed by atoms with Crippen molar-refractivity contribution in [3.63, 3.8) is 0 Å². The van der Waals surface area contributed by atoms with Gasteiger partial charge in [-0.15, -0.1) is 0 Å². The molecule has 0 saturated carbocycles. The molecule has 5 rings (SSSR count). The van der Waals surface area contributed by atoms with E-state index in [9.17, 15) is 0 Å². The first kappa shape index (κ1) is 17.4. The maximum atomic E-state index is 5.90. The van der Waals surface area contributed by atoms with Crippen molar-refractivity contribution in [2.75, 3.05) is 50.8 Å². The minimum Gasteiger partial charge on any atom is -0.486 e. The van der Waals surface area contributed by atoms with Crippen LogP contribution in [0.25, 0.3) is 10.9 Å². The number of ether oxygens (including phenoxy) is 2. The molecule has 0 aliphatic carbocycles. The monoisotopic (exact) mass is 377 g/mol. The molecule has 2 aromatic carbocycles. The lowest BCUT2D eigenvalue weighted by Gasteiger charge is -2.37. The molecular weight excluding hydrogens is 350 g/mol. The largest absolute Gasteiger partial charge is 0.486 e. The lowest BCUT2D eigenvalue weighted by molar-refractivity contribution is 0.171. The van der Waals surface area contributed by atoms with E-state index in [2.05, 4.69) is 58.2 Å². The zero-order chi connectivity index (χ0) is 18.9. The normalized spacial score (nSPS) is 17.2. The molecule has 5 nitrogen and oxygen atoms in total. The second-order valence-electron chi connectivity index (χ2n) is 7.74. The van der Waals surface area contributed by atoms with Gasteiger partial charge in [0.15, 0.2) is 11.5 Å². The lowest BCUT2D eigenvalue weighted by atomic mass is 10.1. The highest BCUT2D eigenvalue weighted by molar-refractivity contribution is 5.83. The Morgan fingerprint density at radius 1 is 1.00 bits per heavy atom. The van der Waals surface area contributed by atoms with Crippen LogP contribution in [0.5, 0.6) is 11.5 Å². The lowest BCUT2D eigenvalue weighted by Crippen LogP contribution is -2.47. The Balaban J connectivity index is 1.21. The van der Waals surface area contributed by atoms with Crippen molar-refractivity contribution >= 4 is 16.6 Å². The SMILES string of the molecule is Cc1ccc2[nH]cc(CCN3CCN(c4cccc5c4OCCO5)CC3)c2c1. The van der Waals surface area contributed by atoms with E-state index in [1.165, 1.54) is 27.7 Å². The van der Waals surface area contributed by atoms with Gasteiger partial charge in [-0.25, -0.2) is 0 Å². The van der Waals surface area contributed by atoms with Gasteiger partial charge in [0.25, 0.3) is 0 Å². The summed E-state index contributed by atoms with van der Waals surface area (Å²) in [7, 11) is 0. The molecule has 5 heteroatoms. The molecule has 2 aliphatic rings. The van der Waals surface area contributed by atoms with Crippen LogP contribution in [0.15, 0.2) is 42.6 Å². The molecule has 3 heterocycles. The molecule has 2 aliphatic heterocycles. The Kier molecular flexibility index (Phi) is 4.61. The molecule has 1 fully saturated rings. The number of aromatic nitrogens is 1. The smallest absolute Gasteiger partial charge is 0.184 e. The third kappa shape index (κ3) is 3.31. The maximum Gasteiger partial charge on any atom is 0.184 e. The molecular formula is C23H27N3O2. The van der Waals surface area contributed by atoms with E-state index in [4.69, 9.17) is 9.47 Å². The number of piperazine rings is 1. The first-order valence-corrected chi connectivity index (χ1v) is 10.2. The van der Waals surface area contributed by atoms with Gasteiger partial charge in [-0.2, -0.15) is 0 Å². The van der Waals surface area contributed by atoms with E-state index in [1.54, 1.807) is 0 Å². The summed E-state index contributed by atoms with van der Waals surface area (Å²) in [5.74, 6) is 1.79. The topological polar surface area (TPSA) is 40.7 Å². The highest BCUT2D eigenvalue weighted by atomic mass is 16.6. The number of hydrogen-bond acceptors (Lipinski definition) is 4. The summed E-state index contributed by atoms with van der Waals surface area (Å²) in [6, 6.07) is 12.8. The fourth-order valence-corrected chi connectivity index (χ4v) is 4.30. The van der Waals surface area contributed by atoms with Crippen LogP contribution >= 0.6 is 0 Å². The molecule has 3 aromatic rings. The van der Waals surface area contributed by atoms with Crippen LogP contribution in [0.1, 0.15) is 11.1 Å². The quantitative estimate of drug-likeness (QED) is 0.754. The first-order chi connectivity index (χ1) is 13.8. The number of benzene rings is 2. The summed E-state index contributed by atoms with van der Waals surface area (Å²) in [5, 5.41) is 1.37. The summed E-state index contributed by atoms with van der Waals surface area (Å²) in [6.07, 6.45) is 3.26. The van der Waals surface area contributed by atoms with E-state index in [-0.39, 0.29) is 0 Å². The fourth-order valence-electron chi connectivity index (χ4n) is 4.30. The summed E-state index contributed by atoms with van der Waals surface area (Å²) in [5.41, 5.74) is 5.15. The predicted molar refractivity (Wildman–Crippen MR) is 113 cm³/mol. The maximum absolute atomic E-state index is 5.90. The molecule has 28 heavy (non-hydrogen) atoms. The minimum atomic E-state index is 0.633. The van der Waals surface area contributed by atoms with E-state index in [0.29, 0.717) is 13.2 Å². The number of aryl methyl sites for hydroxylation is 1. The molecule has 0 spiro atoms. The second-order valence-corrected chi connectivity index (χ2v) is 7.74. The van der Waals surface area contributed by atoms with Crippen molar-refractivity contribution < 1.29 is 9.47 Å². The number of H-pyrrole nitrogens is 1. The Bertz CT molecular complexity index is 973. The minimum absolute atomic E-state index is 0.633. The summed E-state index contributed by atoms with van der Waals surface area (Å²) < 4.78 is 11.6. The van der Waals surface area contributed by atoms with E-state index >= 15 is 0 Å². The van der Waals surface area contributed by atoms with Crippen LogP contribution in [0, 0.1) is 6.92 Å². The molecule has 0 unspecified atom stereocenters. The van der Waals surface area contributed by atoms with Gasteiger partial charge >= 0.3 is 0 Å². The number of nitrogens with one attached hydrogen (secondary N) is 1. The van der Waals surface area contributed by atoms with Crippen LogP contribution in [0.4, 0.5) is 5.69 Å². The molecule has 0 atom stereocenters. The predicted octanol–water partition coefficient (Wildman–Crippen LogP) is 3.61. The van der Waals surface area contributed by atoms with Gasteiger partial charge in [-0.3, -0.25) is 4.90 Å². The average Bonchev–Trinajstić information content (AvgIpc) is 3.14. The number of hydrogen-bond donors (Lipinski definition) is 1. The molecule has 1 aromatic heterocycles. The van der Waals surface area contributed by atoms with Crippen molar-refractivity contribution in [3.05, 3.63) is 53.7 Å². The van der Waals surface area contributed by atoms with E-state index in [0.717, 1.165) is 50.6 Å². The summed E-state index contributed by atoms with van der Waals surface area (Å²) >= 11 is 0. The molecule has 0 amide bonds. The molecule has 146 valence electrons. The second kappa shape index (κ2) is 7.40. The van der Waals surface area contributed by atoms with Crippen LogP contribution in [0.3, 0.4) is 0 Å². The number of anilines is 1. The average molecular weight is 377 g/mol. The number of fused-ring (bicyclic) bond motifs is 2. The third-order valence-electron chi connectivity index (χ3n) is 5.88. The number of para-hydroxylation sites is 1. The van der Waals surface area contributed by atoms with Crippen LogP contribution in [-0.2, 0) is 6.42 Å². The zero-order valence-corrected chi connectivity index (χ0v) is 16.4. The van der Waals surface area contributed by atoms with Gasteiger partial charge < -0.3 is 19.4 Å². The first-order valence-electron chi connectivity index (χ1n) is 10.2. The summed E-state index contributed by atoms with van der Waals surface area (Å²) in [6.45, 7) is 8.72. The van der Waals surface area contributed by atoms with E-state index in [1.807, 2.05) is 6.07 Å². The van der Waals surface area contributed by atoms with Crippen molar-refractivity contribution in [1.82, 2.24) is 9.88 Å². The van der Waals surface area contributed by atoms with Gasteiger partial charge in [-0.1, -0.05) is 17.7 Å². The van der Waals surface area contributed by atoms with Gasteiger partial charge in [-0.05, 0) is 43.2 Å². The van der Waals surface area contributed by atoms with Gasteiger partial charge in [0.2, 0.25) is 0 Å². The van der Waals surface area contributed by atoms with Crippen LogP contribution in [-0.4, -0.2) is 55.8 Å². The standard InChI is InChI=1S/C23H27N3O2/c1-17-5-6-20-19(15-17)18(16-24-20)7-8-25-9-11-26(12-10-25)21-3-2-4-22-23(21)28-14-13-27-22/h2-6,15-16,24H,7-14H2,1H3. The molecule has 1 saturated heterocycles. The Morgan fingerprint density at radius 3 is 2.75 bits per heavy atom. The van der Waals surface area contributed by atoms with Crippen molar-refractivity contribution in [3.8, 4) is 11.5 Å². The summed E-state index contributed by atoms with van der Waals surface area (Å²) in [4.78, 5) is 8.41.